The number of nitrogens with zero attached hydrogens (tertiary/aromatic N) is 2. The maximum Gasteiger partial charge on any atom is 0.128 e. The number of hydrogen-bond donors (Lipinski definition) is 1. The van der Waals surface area contributed by atoms with Gasteiger partial charge in [0.15, 0.2) is 0 Å². The first kappa shape index (κ1) is 14.9. The summed E-state index contributed by atoms with van der Waals surface area (Å²) in [6.45, 7) is 1.75. The Balaban J connectivity index is 1.50. The molecule has 3 rings (SSSR count). The number of aliphatic imine (C=N–C) groups is 1. The third-order valence-corrected chi connectivity index (χ3v) is 5.13. The molecule has 3 aliphatic rings. The monoisotopic (exact) mass is 288 g/mol. The fourth-order valence-corrected chi connectivity index (χ4v) is 3.89. The first-order valence-corrected chi connectivity index (χ1v) is 8.74. The van der Waals surface area contributed by atoms with Gasteiger partial charge >= 0.3 is 0 Å². The van der Waals surface area contributed by atoms with E-state index in [9.17, 15) is 5.11 Å². The summed E-state index contributed by atoms with van der Waals surface area (Å²) in [5, 5.41) is 10.5. The third-order valence-electron chi connectivity index (χ3n) is 5.13. The highest BCUT2D eigenvalue weighted by Gasteiger charge is 2.27. The van der Waals surface area contributed by atoms with Crippen LogP contribution >= 0.6 is 0 Å². The molecule has 1 N–H and O–H groups in total. The first-order valence-electron chi connectivity index (χ1n) is 8.74. The van der Waals surface area contributed by atoms with Crippen molar-refractivity contribution in [1.82, 2.24) is 4.90 Å². The van der Waals surface area contributed by atoms with Crippen LogP contribution in [-0.4, -0.2) is 35.2 Å². The normalized spacial score (nSPS) is 24.3. The molecular weight excluding hydrogens is 260 g/mol. The van der Waals surface area contributed by atoms with Gasteiger partial charge in [0.25, 0.3) is 0 Å². The minimum Gasteiger partial charge on any atom is -0.374 e. The van der Waals surface area contributed by atoms with Crippen LogP contribution in [-0.2, 0) is 0 Å². The van der Waals surface area contributed by atoms with Gasteiger partial charge in [0.1, 0.15) is 12.1 Å². The van der Waals surface area contributed by atoms with Crippen LogP contribution < -0.4 is 0 Å². The van der Waals surface area contributed by atoms with Gasteiger partial charge in [-0.25, -0.2) is 0 Å². The Kier molecular flexibility index (Phi) is 5.16. The lowest BCUT2D eigenvalue weighted by Crippen LogP contribution is -2.39. The molecule has 0 bridgehead atoms. The predicted molar refractivity (Wildman–Crippen MR) is 86.3 cm³/mol. The van der Waals surface area contributed by atoms with Crippen LogP contribution in [0.15, 0.2) is 22.4 Å². The molecule has 21 heavy (non-hydrogen) atoms. The van der Waals surface area contributed by atoms with Crippen LogP contribution in [0.4, 0.5) is 0 Å². The van der Waals surface area contributed by atoms with Crippen molar-refractivity contribution in [3.8, 4) is 0 Å². The smallest absolute Gasteiger partial charge is 0.128 e. The van der Waals surface area contributed by atoms with E-state index in [1.807, 2.05) is 0 Å². The highest BCUT2D eigenvalue weighted by Crippen LogP contribution is 2.30. The van der Waals surface area contributed by atoms with E-state index in [-0.39, 0.29) is 6.23 Å². The zero-order valence-electron chi connectivity index (χ0n) is 13.1. The molecule has 1 fully saturated rings. The molecule has 2 aliphatic carbocycles. The quantitative estimate of drug-likeness (QED) is 0.757. The zero-order valence-corrected chi connectivity index (χ0v) is 13.1. The summed E-state index contributed by atoms with van der Waals surface area (Å²) >= 11 is 0. The second-order valence-electron chi connectivity index (χ2n) is 6.70. The van der Waals surface area contributed by atoms with Crippen LogP contribution in [0, 0.1) is 5.92 Å². The van der Waals surface area contributed by atoms with Gasteiger partial charge in [-0.2, -0.15) is 0 Å². The highest BCUT2D eigenvalue weighted by atomic mass is 16.3. The molecule has 1 saturated carbocycles. The summed E-state index contributed by atoms with van der Waals surface area (Å²) in [5.41, 5.74) is 4.83. The Morgan fingerprint density at radius 1 is 1.29 bits per heavy atom. The van der Waals surface area contributed by atoms with Gasteiger partial charge in [-0.15, -0.1) is 5.73 Å². The number of aliphatic hydroxyl groups is 1. The van der Waals surface area contributed by atoms with Gasteiger partial charge < -0.3 is 10.0 Å². The molecule has 3 nitrogen and oxygen atoms in total. The van der Waals surface area contributed by atoms with Crippen molar-refractivity contribution in [2.45, 2.75) is 70.4 Å². The van der Waals surface area contributed by atoms with Crippen molar-refractivity contribution in [1.29, 1.82) is 0 Å². The van der Waals surface area contributed by atoms with Crippen LogP contribution in [0.5, 0.6) is 0 Å². The van der Waals surface area contributed by atoms with Crippen molar-refractivity contribution >= 4 is 5.84 Å². The Morgan fingerprint density at radius 3 is 2.90 bits per heavy atom. The Morgan fingerprint density at radius 2 is 2.14 bits per heavy atom. The largest absolute Gasteiger partial charge is 0.374 e. The van der Waals surface area contributed by atoms with Gasteiger partial charge in [0, 0.05) is 13.0 Å². The van der Waals surface area contributed by atoms with E-state index < -0.39 is 0 Å². The van der Waals surface area contributed by atoms with Crippen LogP contribution in [0.25, 0.3) is 0 Å². The minimum absolute atomic E-state index is 0.315. The van der Waals surface area contributed by atoms with Crippen molar-refractivity contribution in [3.05, 3.63) is 17.4 Å². The van der Waals surface area contributed by atoms with E-state index in [2.05, 4.69) is 21.7 Å². The van der Waals surface area contributed by atoms with Gasteiger partial charge in [0.2, 0.25) is 0 Å². The van der Waals surface area contributed by atoms with Crippen molar-refractivity contribution < 1.29 is 5.11 Å². The molecule has 1 aliphatic heterocycles. The molecule has 3 heteroatoms. The third kappa shape index (κ3) is 3.99. The fraction of sp³-hybridized carbons (Fsp3) is 0.778. The van der Waals surface area contributed by atoms with Gasteiger partial charge in [0.05, 0.1) is 6.54 Å². The summed E-state index contributed by atoms with van der Waals surface area (Å²) in [5.74, 6) is 1.85. The fourth-order valence-electron chi connectivity index (χ4n) is 3.89. The zero-order chi connectivity index (χ0) is 14.5. The van der Waals surface area contributed by atoms with E-state index in [0.717, 1.165) is 44.1 Å². The molecule has 1 atom stereocenters. The molecule has 0 saturated heterocycles. The lowest BCUT2D eigenvalue weighted by atomic mass is 9.99. The molecule has 0 radical (unpaired) electrons. The number of hydrogen-bond acceptors (Lipinski definition) is 3. The molecule has 0 spiro atoms. The first-order chi connectivity index (χ1) is 10.3. The van der Waals surface area contributed by atoms with E-state index in [1.165, 1.54) is 50.5 Å². The number of amidine groups is 1. The maximum absolute atomic E-state index is 10.5. The van der Waals surface area contributed by atoms with Crippen LogP contribution in [0.1, 0.15) is 64.2 Å². The van der Waals surface area contributed by atoms with E-state index in [1.54, 1.807) is 0 Å². The number of rotatable bonds is 6. The van der Waals surface area contributed by atoms with Gasteiger partial charge in [-0.3, -0.25) is 4.99 Å². The second-order valence-corrected chi connectivity index (χ2v) is 6.70. The molecular formula is C18H28N2O. The molecule has 0 amide bonds. The van der Waals surface area contributed by atoms with Crippen LogP contribution in [0.3, 0.4) is 0 Å². The Labute approximate surface area is 128 Å². The van der Waals surface area contributed by atoms with Gasteiger partial charge in [-0.05, 0) is 49.7 Å². The molecule has 116 valence electrons. The summed E-state index contributed by atoms with van der Waals surface area (Å²) in [6, 6.07) is 0. The molecule has 0 aromatic heterocycles. The molecule has 0 aromatic rings. The average Bonchev–Trinajstić information content (AvgIpc) is 3.17. The summed E-state index contributed by atoms with van der Waals surface area (Å²) in [7, 11) is 0. The Bertz CT molecular complexity index is 442. The molecule has 1 heterocycles. The van der Waals surface area contributed by atoms with E-state index in [4.69, 9.17) is 0 Å². The topological polar surface area (TPSA) is 35.8 Å². The van der Waals surface area contributed by atoms with Crippen molar-refractivity contribution in [2.75, 3.05) is 13.1 Å². The molecule has 0 unspecified atom stereocenters. The standard InChI is InChI=1S/C18H28N2O/c21-18(14-16-8-4-5-9-16)20-13-12-19-17(20)11-10-15-6-2-1-3-7-15/h2,16,18,21H,1,3-5,7-14H2/t18-/m1/s1. The SMILES string of the molecule is O[C@H](CC1CCCC1)N1CCN=C1CCC1=C=CCCC1. The summed E-state index contributed by atoms with van der Waals surface area (Å²) < 4.78 is 0. The van der Waals surface area contributed by atoms with E-state index >= 15 is 0 Å². The Hall–Kier alpha value is -1.05. The molecule has 0 aromatic carbocycles. The van der Waals surface area contributed by atoms with Crippen molar-refractivity contribution in [3.63, 3.8) is 0 Å². The summed E-state index contributed by atoms with van der Waals surface area (Å²) in [4.78, 5) is 6.79. The van der Waals surface area contributed by atoms with Crippen LogP contribution in [0.2, 0.25) is 0 Å². The minimum atomic E-state index is -0.315. The van der Waals surface area contributed by atoms with Gasteiger partial charge in [-0.1, -0.05) is 25.7 Å². The maximum atomic E-state index is 10.5. The predicted octanol–water partition coefficient (Wildman–Crippen LogP) is 3.64. The number of allylic oxidation sites excluding steroid dienone is 1. The summed E-state index contributed by atoms with van der Waals surface area (Å²) in [6.07, 6.45) is 13.7. The average molecular weight is 288 g/mol. The number of aliphatic hydroxyl groups excluding tert-OH is 1. The van der Waals surface area contributed by atoms with E-state index in [0.29, 0.717) is 0 Å². The highest BCUT2D eigenvalue weighted by molar-refractivity contribution is 5.84. The second kappa shape index (κ2) is 7.29. The lowest BCUT2D eigenvalue weighted by molar-refractivity contribution is 0.0372. The lowest BCUT2D eigenvalue weighted by Gasteiger charge is -2.28. The van der Waals surface area contributed by atoms with Crippen molar-refractivity contribution in [2.24, 2.45) is 10.9 Å².